The predicted molar refractivity (Wildman–Crippen MR) is 75.4 cm³/mol. The number of aromatic nitrogens is 2. The highest BCUT2D eigenvalue weighted by Crippen LogP contribution is 2.37. The lowest BCUT2D eigenvalue weighted by Gasteiger charge is -2.42. The summed E-state index contributed by atoms with van der Waals surface area (Å²) in [5.41, 5.74) is 7.74. The molecule has 0 radical (unpaired) electrons. The Labute approximate surface area is 111 Å². The normalized spacial score (nSPS) is 33.0. The standard InChI is InChI=1S/C15H27N3/c1-11(2)18-8-7-14(17-18)10-15(16)9-12(3)5-6-13(15)4/h7-8,11-13H,5-6,9-10,16H2,1-4H3. The Morgan fingerprint density at radius 2 is 2.17 bits per heavy atom. The van der Waals surface area contributed by atoms with E-state index in [1.54, 1.807) is 0 Å². The quantitative estimate of drug-likeness (QED) is 0.894. The molecule has 1 aromatic heterocycles. The minimum Gasteiger partial charge on any atom is -0.324 e. The van der Waals surface area contributed by atoms with Crippen molar-refractivity contribution in [1.82, 2.24) is 9.78 Å². The minimum absolute atomic E-state index is 0.0617. The third-order valence-corrected chi connectivity index (χ3v) is 4.51. The average Bonchev–Trinajstić information content (AvgIpc) is 2.72. The van der Waals surface area contributed by atoms with Gasteiger partial charge in [0.2, 0.25) is 0 Å². The van der Waals surface area contributed by atoms with Gasteiger partial charge in [0, 0.05) is 24.2 Å². The zero-order valence-electron chi connectivity index (χ0n) is 12.2. The first kappa shape index (κ1) is 13.6. The van der Waals surface area contributed by atoms with Crippen molar-refractivity contribution in [2.45, 2.75) is 65.0 Å². The maximum atomic E-state index is 6.66. The Balaban J connectivity index is 2.10. The summed E-state index contributed by atoms with van der Waals surface area (Å²) in [6.45, 7) is 8.92. The lowest BCUT2D eigenvalue weighted by Crippen LogP contribution is -2.51. The van der Waals surface area contributed by atoms with Gasteiger partial charge in [0.05, 0.1) is 5.69 Å². The van der Waals surface area contributed by atoms with E-state index in [9.17, 15) is 0 Å². The van der Waals surface area contributed by atoms with Crippen LogP contribution in [0.2, 0.25) is 0 Å². The van der Waals surface area contributed by atoms with Crippen LogP contribution in [0.1, 0.15) is 58.7 Å². The summed E-state index contributed by atoms with van der Waals surface area (Å²) < 4.78 is 2.02. The first-order valence-corrected chi connectivity index (χ1v) is 7.23. The Bertz CT molecular complexity index is 396. The van der Waals surface area contributed by atoms with E-state index in [4.69, 9.17) is 5.73 Å². The maximum Gasteiger partial charge on any atom is 0.0643 e. The zero-order chi connectivity index (χ0) is 13.3. The van der Waals surface area contributed by atoms with Crippen molar-refractivity contribution in [2.24, 2.45) is 17.6 Å². The Morgan fingerprint density at radius 3 is 2.78 bits per heavy atom. The predicted octanol–water partition coefficient (Wildman–Crippen LogP) is 3.16. The second-order valence-electron chi connectivity index (χ2n) is 6.58. The molecule has 0 spiro atoms. The number of hydrogen-bond acceptors (Lipinski definition) is 2. The zero-order valence-corrected chi connectivity index (χ0v) is 12.2. The van der Waals surface area contributed by atoms with Gasteiger partial charge < -0.3 is 5.73 Å². The summed E-state index contributed by atoms with van der Waals surface area (Å²) in [5, 5.41) is 4.65. The molecule has 1 fully saturated rings. The fourth-order valence-electron chi connectivity index (χ4n) is 3.12. The molecule has 0 saturated heterocycles. The van der Waals surface area contributed by atoms with E-state index in [2.05, 4.69) is 45.1 Å². The molecule has 1 aromatic rings. The van der Waals surface area contributed by atoms with Crippen molar-refractivity contribution in [2.75, 3.05) is 0 Å². The van der Waals surface area contributed by atoms with Crippen LogP contribution in [-0.2, 0) is 6.42 Å². The molecular weight excluding hydrogens is 222 g/mol. The number of nitrogens with two attached hydrogens (primary N) is 1. The fraction of sp³-hybridized carbons (Fsp3) is 0.800. The molecule has 0 aromatic carbocycles. The first-order chi connectivity index (χ1) is 8.40. The average molecular weight is 249 g/mol. The van der Waals surface area contributed by atoms with Crippen molar-refractivity contribution < 1.29 is 0 Å². The maximum absolute atomic E-state index is 6.66. The van der Waals surface area contributed by atoms with Crippen LogP contribution < -0.4 is 5.73 Å². The van der Waals surface area contributed by atoms with Gasteiger partial charge >= 0.3 is 0 Å². The summed E-state index contributed by atoms with van der Waals surface area (Å²) in [5.74, 6) is 1.34. The largest absolute Gasteiger partial charge is 0.324 e. The molecule has 2 N–H and O–H groups in total. The van der Waals surface area contributed by atoms with E-state index in [1.807, 2.05) is 4.68 Å². The summed E-state index contributed by atoms with van der Waals surface area (Å²) in [6.07, 6.45) is 6.68. The van der Waals surface area contributed by atoms with Crippen LogP contribution in [0.5, 0.6) is 0 Å². The molecule has 1 aliphatic carbocycles. The molecule has 18 heavy (non-hydrogen) atoms. The van der Waals surface area contributed by atoms with Crippen molar-refractivity contribution in [3.05, 3.63) is 18.0 Å². The summed E-state index contributed by atoms with van der Waals surface area (Å²) in [4.78, 5) is 0. The van der Waals surface area contributed by atoms with E-state index >= 15 is 0 Å². The molecule has 0 amide bonds. The lowest BCUT2D eigenvalue weighted by molar-refractivity contribution is 0.159. The van der Waals surface area contributed by atoms with E-state index in [1.165, 1.54) is 12.8 Å². The van der Waals surface area contributed by atoms with Crippen LogP contribution in [0.25, 0.3) is 0 Å². The molecule has 3 heteroatoms. The number of rotatable bonds is 3. The molecule has 1 aliphatic rings. The van der Waals surface area contributed by atoms with E-state index in [0.717, 1.165) is 24.5 Å². The highest BCUT2D eigenvalue weighted by atomic mass is 15.3. The fourth-order valence-corrected chi connectivity index (χ4v) is 3.12. The number of hydrogen-bond donors (Lipinski definition) is 1. The topological polar surface area (TPSA) is 43.8 Å². The molecule has 2 rings (SSSR count). The molecular formula is C15H27N3. The van der Waals surface area contributed by atoms with Gasteiger partial charge in [-0.05, 0) is 44.6 Å². The molecule has 1 saturated carbocycles. The summed E-state index contributed by atoms with van der Waals surface area (Å²) >= 11 is 0. The van der Waals surface area contributed by atoms with Gasteiger partial charge in [-0.25, -0.2) is 0 Å². The Kier molecular flexibility index (Phi) is 3.81. The molecule has 3 nitrogen and oxygen atoms in total. The van der Waals surface area contributed by atoms with Crippen molar-refractivity contribution in [3.63, 3.8) is 0 Å². The monoisotopic (exact) mass is 249 g/mol. The van der Waals surface area contributed by atoms with Crippen molar-refractivity contribution >= 4 is 0 Å². The Morgan fingerprint density at radius 1 is 1.44 bits per heavy atom. The highest BCUT2D eigenvalue weighted by Gasteiger charge is 2.37. The minimum atomic E-state index is -0.0617. The van der Waals surface area contributed by atoms with E-state index in [-0.39, 0.29) is 5.54 Å². The molecule has 1 heterocycles. The van der Waals surface area contributed by atoms with Crippen LogP contribution in [0.15, 0.2) is 12.3 Å². The van der Waals surface area contributed by atoms with Crippen LogP contribution >= 0.6 is 0 Å². The van der Waals surface area contributed by atoms with Crippen LogP contribution in [0.4, 0.5) is 0 Å². The Hall–Kier alpha value is -0.830. The second-order valence-corrected chi connectivity index (χ2v) is 6.58. The van der Waals surface area contributed by atoms with E-state index < -0.39 is 0 Å². The first-order valence-electron chi connectivity index (χ1n) is 7.23. The number of nitrogens with zero attached hydrogens (tertiary/aromatic N) is 2. The van der Waals surface area contributed by atoms with Crippen molar-refractivity contribution in [3.8, 4) is 0 Å². The molecule has 0 bridgehead atoms. The van der Waals surface area contributed by atoms with Gasteiger partial charge in [-0.1, -0.05) is 20.3 Å². The summed E-state index contributed by atoms with van der Waals surface area (Å²) in [6, 6.07) is 2.55. The third-order valence-electron chi connectivity index (χ3n) is 4.51. The van der Waals surface area contributed by atoms with Crippen LogP contribution in [-0.4, -0.2) is 15.3 Å². The van der Waals surface area contributed by atoms with Gasteiger partial charge in [0.25, 0.3) is 0 Å². The van der Waals surface area contributed by atoms with Gasteiger partial charge in [-0.3, -0.25) is 4.68 Å². The third kappa shape index (κ3) is 2.77. The molecule has 3 atom stereocenters. The van der Waals surface area contributed by atoms with E-state index in [0.29, 0.717) is 12.0 Å². The lowest BCUT2D eigenvalue weighted by atomic mass is 9.68. The highest BCUT2D eigenvalue weighted by molar-refractivity contribution is 5.08. The summed E-state index contributed by atoms with van der Waals surface area (Å²) in [7, 11) is 0. The molecule has 3 unspecified atom stereocenters. The van der Waals surface area contributed by atoms with Crippen LogP contribution in [0.3, 0.4) is 0 Å². The SMILES string of the molecule is CC1CCC(C)C(N)(Cc2ccn(C(C)C)n2)C1. The smallest absolute Gasteiger partial charge is 0.0643 e. The van der Waals surface area contributed by atoms with Gasteiger partial charge in [0.1, 0.15) is 0 Å². The van der Waals surface area contributed by atoms with Gasteiger partial charge in [-0.2, -0.15) is 5.10 Å². The molecule has 0 aliphatic heterocycles. The van der Waals surface area contributed by atoms with Gasteiger partial charge in [-0.15, -0.1) is 0 Å². The second kappa shape index (κ2) is 5.04. The van der Waals surface area contributed by atoms with Gasteiger partial charge in [0.15, 0.2) is 0 Å². The molecule has 102 valence electrons. The van der Waals surface area contributed by atoms with Crippen LogP contribution in [0, 0.1) is 11.8 Å². The van der Waals surface area contributed by atoms with Crippen molar-refractivity contribution in [1.29, 1.82) is 0 Å².